The third kappa shape index (κ3) is 12.9. The maximum Gasteiger partial charge on any atom is 0.222 e. The number of rotatable bonds is 19. The number of amides is 1. The Morgan fingerprint density at radius 3 is 1.65 bits per heavy atom. The number of carbonyl (C=O) groups is 1. The normalized spacial score (nSPS) is 13.2. The number of unbranched alkanes of at least 4 members (excludes halogenated alkanes) is 14. The van der Waals surface area contributed by atoms with E-state index < -0.39 is 6.10 Å². The summed E-state index contributed by atoms with van der Waals surface area (Å²) in [5, 5.41) is 10.5. The van der Waals surface area contributed by atoms with Gasteiger partial charge in [0.15, 0.2) is 0 Å². The van der Waals surface area contributed by atoms with Crippen LogP contribution in [0, 0.1) is 0 Å². The highest BCUT2D eigenvalue weighted by Gasteiger charge is 2.23. The number of carbonyl (C=O) groups excluding carboxylic acids is 1. The van der Waals surface area contributed by atoms with Gasteiger partial charge in [-0.3, -0.25) is 4.79 Å². The summed E-state index contributed by atoms with van der Waals surface area (Å²) in [6.45, 7) is 4.20. The highest BCUT2D eigenvalue weighted by atomic mass is 16.3. The highest BCUT2D eigenvalue weighted by molar-refractivity contribution is 5.76. The first kappa shape index (κ1) is 27.7. The van der Waals surface area contributed by atoms with Crippen molar-refractivity contribution >= 4 is 5.91 Å². The molecule has 0 spiro atoms. The molecular formula is C28H49NO2. The van der Waals surface area contributed by atoms with Gasteiger partial charge in [-0.1, -0.05) is 127 Å². The van der Waals surface area contributed by atoms with Crippen LogP contribution in [0.5, 0.6) is 0 Å². The number of aliphatic hydroxyl groups excluding tert-OH is 1. The zero-order valence-corrected chi connectivity index (χ0v) is 20.7. The smallest absolute Gasteiger partial charge is 0.222 e. The van der Waals surface area contributed by atoms with Gasteiger partial charge in [-0.15, -0.1) is 0 Å². The Labute approximate surface area is 192 Å². The molecule has 31 heavy (non-hydrogen) atoms. The van der Waals surface area contributed by atoms with Crippen molar-refractivity contribution < 1.29 is 9.90 Å². The highest BCUT2D eigenvalue weighted by Crippen LogP contribution is 2.21. The van der Waals surface area contributed by atoms with E-state index in [1.165, 1.54) is 83.5 Å². The van der Waals surface area contributed by atoms with Crippen LogP contribution in [0.2, 0.25) is 0 Å². The number of aliphatic hydroxyl groups is 1. The molecule has 1 aromatic carbocycles. The molecule has 0 heterocycles. The standard InChI is InChI=1S/C28H49NO2/c1-4-5-6-7-8-9-10-11-12-13-14-15-16-17-21-24-27(30)29(3)25(2)28(31)26-22-19-18-20-23-26/h18-20,22-23,25,28,31H,4-17,21,24H2,1-3H3/t25-,28-/m0/s1. The van der Waals surface area contributed by atoms with Crippen LogP contribution in [0.1, 0.15) is 128 Å². The third-order valence-electron chi connectivity index (χ3n) is 6.60. The lowest BCUT2D eigenvalue weighted by atomic mass is 10.0. The SMILES string of the molecule is CCCCCCCCCCCCCCCCCC(=O)N(C)[C@@H](C)[C@H](O)c1ccccc1. The predicted octanol–water partition coefficient (Wildman–Crippen LogP) is 7.83. The molecule has 0 fully saturated rings. The van der Waals surface area contributed by atoms with E-state index in [-0.39, 0.29) is 11.9 Å². The number of nitrogens with zero attached hydrogens (tertiary/aromatic N) is 1. The molecule has 1 rings (SSSR count). The molecular weight excluding hydrogens is 382 g/mol. The monoisotopic (exact) mass is 431 g/mol. The van der Waals surface area contributed by atoms with Gasteiger partial charge in [-0.05, 0) is 18.9 Å². The molecule has 178 valence electrons. The summed E-state index contributed by atoms with van der Waals surface area (Å²) in [4.78, 5) is 14.2. The van der Waals surface area contributed by atoms with Gasteiger partial charge in [0, 0.05) is 13.5 Å². The fourth-order valence-corrected chi connectivity index (χ4v) is 4.19. The lowest BCUT2D eigenvalue weighted by Crippen LogP contribution is -2.38. The molecule has 0 aliphatic carbocycles. The van der Waals surface area contributed by atoms with Gasteiger partial charge < -0.3 is 10.0 Å². The summed E-state index contributed by atoms with van der Waals surface area (Å²) < 4.78 is 0. The molecule has 0 aromatic heterocycles. The first-order chi connectivity index (χ1) is 15.1. The van der Waals surface area contributed by atoms with Crippen molar-refractivity contribution in [2.24, 2.45) is 0 Å². The van der Waals surface area contributed by atoms with E-state index in [0.29, 0.717) is 6.42 Å². The molecule has 3 nitrogen and oxygen atoms in total. The maximum absolute atomic E-state index is 12.5. The average Bonchev–Trinajstić information content (AvgIpc) is 2.80. The van der Waals surface area contributed by atoms with Crippen LogP contribution in [0.4, 0.5) is 0 Å². The molecule has 0 bridgehead atoms. The fourth-order valence-electron chi connectivity index (χ4n) is 4.19. The van der Waals surface area contributed by atoms with Gasteiger partial charge >= 0.3 is 0 Å². The number of benzene rings is 1. The van der Waals surface area contributed by atoms with Crippen LogP contribution >= 0.6 is 0 Å². The van der Waals surface area contributed by atoms with Gasteiger partial charge in [0.1, 0.15) is 0 Å². The van der Waals surface area contributed by atoms with Crippen molar-refractivity contribution in [2.45, 2.75) is 129 Å². The van der Waals surface area contributed by atoms with E-state index >= 15 is 0 Å². The Bertz CT molecular complexity index is 545. The molecule has 2 atom stereocenters. The molecule has 1 aromatic rings. The fraction of sp³-hybridized carbons (Fsp3) is 0.750. The molecule has 0 saturated carbocycles. The maximum atomic E-state index is 12.5. The lowest BCUT2D eigenvalue weighted by Gasteiger charge is -2.29. The molecule has 3 heteroatoms. The van der Waals surface area contributed by atoms with E-state index in [1.54, 1.807) is 4.90 Å². The van der Waals surface area contributed by atoms with Crippen molar-refractivity contribution in [1.82, 2.24) is 4.90 Å². The lowest BCUT2D eigenvalue weighted by molar-refractivity contribution is -0.134. The van der Waals surface area contributed by atoms with E-state index in [0.717, 1.165) is 18.4 Å². The van der Waals surface area contributed by atoms with Crippen molar-refractivity contribution in [3.63, 3.8) is 0 Å². The molecule has 1 amide bonds. The van der Waals surface area contributed by atoms with Gasteiger partial charge in [0.25, 0.3) is 0 Å². The van der Waals surface area contributed by atoms with Gasteiger partial charge in [-0.25, -0.2) is 0 Å². The summed E-state index contributed by atoms with van der Waals surface area (Å²) in [6.07, 6.45) is 19.9. The van der Waals surface area contributed by atoms with Crippen LogP contribution in [-0.2, 0) is 4.79 Å². The Hall–Kier alpha value is -1.35. The Morgan fingerprint density at radius 1 is 0.774 bits per heavy atom. The molecule has 0 saturated heterocycles. The summed E-state index contributed by atoms with van der Waals surface area (Å²) in [7, 11) is 1.81. The van der Waals surface area contributed by atoms with Gasteiger partial charge in [0.2, 0.25) is 5.91 Å². The van der Waals surface area contributed by atoms with Crippen molar-refractivity contribution in [1.29, 1.82) is 0 Å². The van der Waals surface area contributed by atoms with E-state index in [9.17, 15) is 9.90 Å². The van der Waals surface area contributed by atoms with Gasteiger partial charge in [0.05, 0.1) is 12.1 Å². The Balaban J connectivity index is 1.97. The van der Waals surface area contributed by atoms with Crippen LogP contribution in [-0.4, -0.2) is 29.0 Å². The zero-order valence-electron chi connectivity index (χ0n) is 20.7. The van der Waals surface area contributed by atoms with Crippen molar-refractivity contribution in [3.05, 3.63) is 35.9 Å². The first-order valence-electron chi connectivity index (χ1n) is 13.1. The second-order valence-corrected chi connectivity index (χ2v) is 9.30. The molecule has 1 N–H and O–H groups in total. The predicted molar refractivity (Wildman–Crippen MR) is 133 cm³/mol. The second-order valence-electron chi connectivity index (χ2n) is 9.30. The third-order valence-corrected chi connectivity index (χ3v) is 6.60. The van der Waals surface area contributed by atoms with E-state index in [1.807, 2.05) is 44.3 Å². The molecule has 0 aliphatic rings. The molecule has 0 aliphatic heterocycles. The number of hydrogen-bond donors (Lipinski definition) is 1. The van der Waals surface area contributed by atoms with Crippen molar-refractivity contribution in [3.8, 4) is 0 Å². The first-order valence-corrected chi connectivity index (χ1v) is 13.1. The number of hydrogen-bond acceptors (Lipinski definition) is 2. The Kier molecular flexibility index (Phi) is 16.3. The minimum atomic E-state index is -0.642. The largest absolute Gasteiger partial charge is 0.386 e. The van der Waals surface area contributed by atoms with E-state index in [2.05, 4.69) is 6.92 Å². The van der Waals surface area contributed by atoms with Crippen LogP contribution in [0.25, 0.3) is 0 Å². The van der Waals surface area contributed by atoms with Gasteiger partial charge in [-0.2, -0.15) is 0 Å². The Morgan fingerprint density at radius 2 is 1.19 bits per heavy atom. The number of likely N-dealkylation sites (N-methyl/N-ethyl adjacent to an activating group) is 1. The molecule has 0 radical (unpaired) electrons. The summed E-state index contributed by atoms with van der Waals surface area (Å²) >= 11 is 0. The molecule has 0 unspecified atom stereocenters. The minimum Gasteiger partial charge on any atom is -0.386 e. The van der Waals surface area contributed by atoms with Crippen LogP contribution in [0.15, 0.2) is 30.3 Å². The summed E-state index contributed by atoms with van der Waals surface area (Å²) in [5.41, 5.74) is 0.863. The van der Waals surface area contributed by atoms with Crippen molar-refractivity contribution in [2.75, 3.05) is 7.05 Å². The average molecular weight is 432 g/mol. The topological polar surface area (TPSA) is 40.5 Å². The summed E-state index contributed by atoms with van der Waals surface area (Å²) in [6, 6.07) is 9.38. The van der Waals surface area contributed by atoms with E-state index in [4.69, 9.17) is 0 Å². The summed E-state index contributed by atoms with van der Waals surface area (Å²) in [5.74, 6) is 0.136. The quantitative estimate of drug-likeness (QED) is 0.227. The zero-order chi connectivity index (χ0) is 22.7. The van der Waals surface area contributed by atoms with Crippen LogP contribution < -0.4 is 0 Å². The second kappa shape index (κ2) is 18.2. The van der Waals surface area contributed by atoms with Crippen LogP contribution in [0.3, 0.4) is 0 Å². The minimum absolute atomic E-state index is 0.136.